The number of hydrogen-bond acceptors (Lipinski definition) is 4. The summed E-state index contributed by atoms with van der Waals surface area (Å²) < 4.78 is 0. The van der Waals surface area contributed by atoms with Crippen molar-refractivity contribution in [3.8, 4) is 0 Å². The quantitative estimate of drug-likeness (QED) is 0.889. The van der Waals surface area contributed by atoms with Gasteiger partial charge in [-0.3, -0.25) is 4.79 Å². The van der Waals surface area contributed by atoms with E-state index in [0.29, 0.717) is 31.0 Å². The average Bonchev–Trinajstić information content (AvgIpc) is 2.42. The second-order valence-electron chi connectivity index (χ2n) is 5.49. The topological polar surface area (TPSA) is 75.1 Å². The van der Waals surface area contributed by atoms with Crippen molar-refractivity contribution in [2.75, 3.05) is 11.9 Å². The highest BCUT2D eigenvalue weighted by atomic mass is 35.5. The fourth-order valence-electron chi connectivity index (χ4n) is 2.52. The summed E-state index contributed by atoms with van der Waals surface area (Å²) in [5, 5.41) is 20.3. The molecule has 1 aromatic rings. The molecule has 1 aliphatic rings. The average molecular weight is 318 g/mol. The molecule has 1 heterocycles. The zero-order chi connectivity index (χ0) is 14.8. The number of anilines is 1. The van der Waals surface area contributed by atoms with E-state index in [1.807, 2.05) is 0 Å². The number of carbonyl (C=O) groups is 1. The number of carboxylic acids is 1. The first-order valence-electron chi connectivity index (χ1n) is 6.59. The molecule has 0 aromatic carbocycles. The third kappa shape index (κ3) is 3.33. The minimum Gasteiger partial charge on any atom is -0.481 e. The Kier molecular flexibility index (Phi) is 4.70. The van der Waals surface area contributed by atoms with Gasteiger partial charge in [0.2, 0.25) is 0 Å². The molecule has 1 saturated carbocycles. The van der Waals surface area contributed by atoms with E-state index in [1.54, 1.807) is 6.07 Å². The van der Waals surface area contributed by atoms with E-state index in [-0.39, 0.29) is 10.3 Å². The summed E-state index contributed by atoms with van der Waals surface area (Å²) in [6.07, 6.45) is 3.19. The van der Waals surface area contributed by atoms with E-state index in [2.05, 4.69) is 22.4 Å². The van der Waals surface area contributed by atoms with E-state index in [0.717, 1.165) is 12.8 Å². The van der Waals surface area contributed by atoms with Gasteiger partial charge in [0, 0.05) is 12.6 Å². The van der Waals surface area contributed by atoms with Gasteiger partial charge in [-0.2, -0.15) is 0 Å². The molecule has 5 nitrogen and oxygen atoms in total. The number of rotatable bonds is 4. The van der Waals surface area contributed by atoms with Crippen LogP contribution in [-0.2, 0) is 4.79 Å². The molecular weight excluding hydrogens is 301 g/mol. The number of aliphatic carboxylic acids is 1. The van der Waals surface area contributed by atoms with Gasteiger partial charge in [0.25, 0.3) is 0 Å². The zero-order valence-corrected chi connectivity index (χ0v) is 12.7. The van der Waals surface area contributed by atoms with E-state index >= 15 is 0 Å². The Morgan fingerprint density at radius 2 is 2.10 bits per heavy atom. The Balaban J connectivity index is 2.10. The van der Waals surface area contributed by atoms with Crippen LogP contribution in [0.1, 0.15) is 32.6 Å². The summed E-state index contributed by atoms with van der Waals surface area (Å²) in [6, 6.07) is 1.55. The largest absolute Gasteiger partial charge is 0.481 e. The van der Waals surface area contributed by atoms with E-state index in [4.69, 9.17) is 23.2 Å². The first kappa shape index (κ1) is 15.3. The Hall–Kier alpha value is -1.07. The highest BCUT2D eigenvalue weighted by Gasteiger charge is 2.41. The van der Waals surface area contributed by atoms with Crippen molar-refractivity contribution < 1.29 is 9.90 Å². The standard InChI is InChI=1S/C13H17Cl2N3O2/c1-8-2-4-13(5-3-8,12(19)20)7-16-9-6-10(14)17-18-11(9)15/h6,8H,2-5,7H2,1H3,(H,16,17)(H,19,20). The number of nitrogens with one attached hydrogen (secondary N) is 1. The number of aromatic nitrogens is 2. The van der Waals surface area contributed by atoms with Gasteiger partial charge in [0.05, 0.1) is 11.1 Å². The van der Waals surface area contributed by atoms with Crippen LogP contribution >= 0.6 is 23.2 Å². The molecule has 0 aliphatic heterocycles. The molecule has 7 heteroatoms. The lowest BCUT2D eigenvalue weighted by Crippen LogP contribution is -2.41. The maximum atomic E-state index is 11.6. The smallest absolute Gasteiger partial charge is 0.311 e. The molecular formula is C13H17Cl2N3O2. The van der Waals surface area contributed by atoms with Crippen molar-refractivity contribution in [3.05, 3.63) is 16.4 Å². The molecule has 2 N–H and O–H groups in total. The van der Waals surface area contributed by atoms with Crippen molar-refractivity contribution in [2.45, 2.75) is 32.6 Å². The molecule has 1 aliphatic carbocycles. The molecule has 1 aromatic heterocycles. The maximum absolute atomic E-state index is 11.6. The van der Waals surface area contributed by atoms with Gasteiger partial charge in [-0.1, -0.05) is 30.1 Å². The predicted octanol–water partition coefficient (Wildman–Crippen LogP) is 3.48. The number of halogens is 2. The molecule has 1 fully saturated rings. The molecule has 0 bridgehead atoms. The fourth-order valence-corrected chi connectivity index (χ4v) is 2.83. The summed E-state index contributed by atoms with van der Waals surface area (Å²) in [7, 11) is 0. The third-order valence-corrected chi connectivity index (χ3v) is 4.49. The van der Waals surface area contributed by atoms with Crippen LogP contribution in [0, 0.1) is 11.3 Å². The van der Waals surface area contributed by atoms with Crippen LogP contribution in [-0.4, -0.2) is 27.8 Å². The van der Waals surface area contributed by atoms with Crippen molar-refractivity contribution >= 4 is 34.9 Å². The Labute approximate surface area is 127 Å². The lowest BCUT2D eigenvalue weighted by atomic mass is 9.71. The van der Waals surface area contributed by atoms with Crippen molar-refractivity contribution in [2.24, 2.45) is 11.3 Å². The van der Waals surface area contributed by atoms with Crippen LogP contribution in [0.15, 0.2) is 6.07 Å². The summed E-state index contributed by atoms with van der Waals surface area (Å²) in [4.78, 5) is 11.6. The van der Waals surface area contributed by atoms with Gasteiger partial charge in [0.15, 0.2) is 10.3 Å². The van der Waals surface area contributed by atoms with Crippen LogP contribution < -0.4 is 5.32 Å². The molecule has 0 atom stereocenters. The Bertz CT molecular complexity index is 502. The zero-order valence-electron chi connectivity index (χ0n) is 11.2. The highest BCUT2D eigenvalue weighted by molar-refractivity contribution is 6.33. The second kappa shape index (κ2) is 6.14. The Morgan fingerprint density at radius 1 is 1.45 bits per heavy atom. The molecule has 110 valence electrons. The van der Waals surface area contributed by atoms with Crippen molar-refractivity contribution in [1.29, 1.82) is 0 Å². The van der Waals surface area contributed by atoms with Crippen LogP contribution in [0.4, 0.5) is 5.69 Å². The van der Waals surface area contributed by atoms with Crippen molar-refractivity contribution in [3.63, 3.8) is 0 Å². The van der Waals surface area contributed by atoms with Gasteiger partial charge in [-0.15, -0.1) is 10.2 Å². The van der Waals surface area contributed by atoms with E-state index in [9.17, 15) is 9.90 Å². The second-order valence-corrected chi connectivity index (χ2v) is 6.24. The van der Waals surface area contributed by atoms with Crippen LogP contribution in [0.3, 0.4) is 0 Å². The summed E-state index contributed by atoms with van der Waals surface area (Å²) >= 11 is 11.7. The summed E-state index contributed by atoms with van der Waals surface area (Å²) in [5.41, 5.74) is -0.225. The van der Waals surface area contributed by atoms with Crippen LogP contribution in [0.5, 0.6) is 0 Å². The van der Waals surface area contributed by atoms with Gasteiger partial charge in [0.1, 0.15) is 0 Å². The van der Waals surface area contributed by atoms with Crippen LogP contribution in [0.2, 0.25) is 10.3 Å². The maximum Gasteiger partial charge on any atom is 0.311 e. The normalized spacial score (nSPS) is 26.2. The van der Waals surface area contributed by atoms with Gasteiger partial charge in [-0.05, 0) is 31.6 Å². The fraction of sp³-hybridized carbons (Fsp3) is 0.615. The molecule has 0 spiro atoms. The van der Waals surface area contributed by atoms with Crippen LogP contribution in [0.25, 0.3) is 0 Å². The Morgan fingerprint density at radius 3 is 2.70 bits per heavy atom. The lowest BCUT2D eigenvalue weighted by molar-refractivity contribution is -0.150. The number of hydrogen-bond donors (Lipinski definition) is 2. The lowest BCUT2D eigenvalue weighted by Gasteiger charge is -2.36. The predicted molar refractivity (Wildman–Crippen MR) is 78.2 cm³/mol. The van der Waals surface area contributed by atoms with Gasteiger partial charge in [-0.25, -0.2) is 0 Å². The first-order chi connectivity index (χ1) is 9.43. The van der Waals surface area contributed by atoms with Gasteiger partial charge < -0.3 is 10.4 Å². The highest BCUT2D eigenvalue weighted by Crippen LogP contribution is 2.39. The monoisotopic (exact) mass is 317 g/mol. The van der Waals surface area contributed by atoms with Gasteiger partial charge >= 0.3 is 5.97 Å². The molecule has 2 rings (SSSR count). The van der Waals surface area contributed by atoms with Crippen molar-refractivity contribution in [1.82, 2.24) is 10.2 Å². The molecule has 0 amide bonds. The van der Waals surface area contributed by atoms with E-state index < -0.39 is 11.4 Å². The number of nitrogens with zero attached hydrogens (tertiary/aromatic N) is 2. The molecule has 0 saturated heterocycles. The molecule has 0 radical (unpaired) electrons. The minimum absolute atomic E-state index is 0.194. The van der Waals surface area contributed by atoms with E-state index in [1.165, 1.54) is 0 Å². The number of carboxylic acid groups (broad SMARTS) is 1. The molecule has 20 heavy (non-hydrogen) atoms. The minimum atomic E-state index is -0.763. The SMILES string of the molecule is CC1CCC(CNc2cc(Cl)nnc2Cl)(C(=O)O)CC1. The third-order valence-electron chi connectivity index (χ3n) is 4.02. The summed E-state index contributed by atoms with van der Waals surface area (Å²) in [6.45, 7) is 2.47. The summed E-state index contributed by atoms with van der Waals surface area (Å²) in [5.74, 6) is -0.177. The molecule has 0 unspecified atom stereocenters. The first-order valence-corrected chi connectivity index (χ1v) is 7.34.